The highest BCUT2D eigenvalue weighted by atomic mass is 32.2. The minimum atomic E-state index is -0.415. The highest BCUT2D eigenvalue weighted by Crippen LogP contribution is 2.32. The Balaban J connectivity index is 1.73. The van der Waals surface area contributed by atoms with E-state index in [4.69, 9.17) is 4.74 Å². The molecule has 0 radical (unpaired) electrons. The molecular weight excluding hydrogens is 343 g/mol. The van der Waals surface area contributed by atoms with Crippen LogP contribution in [0.25, 0.3) is 6.08 Å². The topological polar surface area (TPSA) is 58.6 Å². The molecule has 0 unspecified atom stereocenters. The van der Waals surface area contributed by atoms with Crippen molar-refractivity contribution in [1.29, 1.82) is 0 Å². The van der Waals surface area contributed by atoms with Crippen LogP contribution in [-0.4, -0.2) is 29.8 Å². The maximum atomic E-state index is 13.3. The van der Waals surface area contributed by atoms with E-state index in [1.54, 1.807) is 31.4 Å². The lowest BCUT2D eigenvalue weighted by Gasteiger charge is -2.16. The first-order valence-electron chi connectivity index (χ1n) is 7.46. The zero-order chi connectivity index (χ0) is 17.8. The summed E-state index contributed by atoms with van der Waals surface area (Å²) in [5.41, 5.74) is 1.21. The quantitative estimate of drug-likeness (QED) is 0.821. The number of carbonyl (C=O) groups excluding carboxylic acids is 2. The molecule has 1 aliphatic heterocycles. The van der Waals surface area contributed by atoms with E-state index in [1.165, 1.54) is 18.2 Å². The molecule has 1 heterocycles. The van der Waals surface area contributed by atoms with Crippen LogP contribution in [0, 0.1) is 5.82 Å². The van der Waals surface area contributed by atoms with Crippen molar-refractivity contribution in [3.63, 3.8) is 0 Å². The van der Waals surface area contributed by atoms with Gasteiger partial charge in [-0.1, -0.05) is 24.3 Å². The number of amides is 2. The van der Waals surface area contributed by atoms with Crippen molar-refractivity contribution >= 4 is 34.7 Å². The predicted molar refractivity (Wildman–Crippen MR) is 95.7 cm³/mol. The fraction of sp³-hybridized carbons (Fsp3) is 0.111. The SMILES string of the molecule is COc1ccccc1NCN1C(=O)S/C(=C\c2cccc(F)c2)C1=O. The number of methoxy groups -OCH3 is 1. The standard InChI is InChI=1S/C18H15FN2O3S/c1-24-15-8-3-2-7-14(15)20-11-21-17(22)16(25-18(21)23)10-12-5-4-6-13(19)9-12/h2-10,20H,11H2,1H3/b16-10-. The number of hydrogen-bond donors (Lipinski definition) is 1. The maximum Gasteiger partial charge on any atom is 0.295 e. The summed E-state index contributed by atoms with van der Waals surface area (Å²) in [7, 11) is 1.54. The van der Waals surface area contributed by atoms with Gasteiger partial charge >= 0.3 is 0 Å². The molecule has 1 N–H and O–H groups in total. The lowest BCUT2D eigenvalue weighted by atomic mass is 10.2. The molecule has 2 amide bonds. The van der Waals surface area contributed by atoms with Crippen LogP contribution in [0.15, 0.2) is 53.4 Å². The molecule has 0 atom stereocenters. The van der Waals surface area contributed by atoms with Gasteiger partial charge in [0.25, 0.3) is 11.1 Å². The van der Waals surface area contributed by atoms with Crippen molar-refractivity contribution < 1.29 is 18.7 Å². The Kier molecular flexibility index (Phi) is 5.04. The van der Waals surface area contributed by atoms with Gasteiger partial charge in [0.05, 0.1) is 24.4 Å². The number of hydrogen-bond acceptors (Lipinski definition) is 5. The highest BCUT2D eigenvalue weighted by molar-refractivity contribution is 8.18. The summed E-state index contributed by atoms with van der Waals surface area (Å²) < 4.78 is 18.5. The number of ether oxygens (including phenoxy) is 1. The fourth-order valence-corrected chi connectivity index (χ4v) is 3.18. The smallest absolute Gasteiger partial charge is 0.295 e. The van der Waals surface area contributed by atoms with Gasteiger partial charge in [-0.3, -0.25) is 14.5 Å². The van der Waals surface area contributed by atoms with E-state index in [2.05, 4.69) is 5.32 Å². The van der Waals surface area contributed by atoms with Gasteiger partial charge < -0.3 is 10.1 Å². The monoisotopic (exact) mass is 358 g/mol. The summed E-state index contributed by atoms with van der Waals surface area (Å²) in [6, 6.07) is 13.1. The molecule has 5 nitrogen and oxygen atoms in total. The molecule has 3 rings (SSSR count). The molecule has 2 aromatic rings. The van der Waals surface area contributed by atoms with Crippen LogP contribution in [0.2, 0.25) is 0 Å². The van der Waals surface area contributed by atoms with Gasteiger partial charge in [0.15, 0.2) is 0 Å². The number of nitrogens with one attached hydrogen (secondary N) is 1. The van der Waals surface area contributed by atoms with Gasteiger partial charge in [-0.15, -0.1) is 0 Å². The van der Waals surface area contributed by atoms with Gasteiger partial charge in [0.1, 0.15) is 11.6 Å². The van der Waals surface area contributed by atoms with Crippen LogP contribution in [0.3, 0.4) is 0 Å². The van der Waals surface area contributed by atoms with E-state index < -0.39 is 11.7 Å². The van der Waals surface area contributed by atoms with E-state index >= 15 is 0 Å². The van der Waals surface area contributed by atoms with Crippen LogP contribution in [-0.2, 0) is 4.79 Å². The summed E-state index contributed by atoms with van der Waals surface area (Å²) in [5, 5.41) is 2.64. The van der Waals surface area contributed by atoms with E-state index in [0.717, 1.165) is 16.7 Å². The number of carbonyl (C=O) groups is 2. The number of anilines is 1. The summed E-state index contributed by atoms with van der Waals surface area (Å²) in [6.45, 7) is 0.0194. The third kappa shape index (κ3) is 3.83. The molecule has 0 saturated carbocycles. The Bertz CT molecular complexity index is 854. The summed E-state index contributed by atoms with van der Waals surface area (Å²) in [4.78, 5) is 25.9. The van der Waals surface area contributed by atoms with Crippen molar-refractivity contribution in [2.45, 2.75) is 0 Å². The van der Waals surface area contributed by atoms with Gasteiger partial charge in [-0.25, -0.2) is 4.39 Å². The first-order valence-corrected chi connectivity index (χ1v) is 8.28. The molecular formula is C18H15FN2O3S. The normalized spacial score (nSPS) is 15.8. The van der Waals surface area contributed by atoms with Crippen LogP contribution < -0.4 is 10.1 Å². The lowest BCUT2D eigenvalue weighted by molar-refractivity contribution is -0.122. The van der Waals surface area contributed by atoms with E-state index in [9.17, 15) is 14.0 Å². The molecule has 25 heavy (non-hydrogen) atoms. The average Bonchev–Trinajstić information content (AvgIpc) is 2.87. The maximum absolute atomic E-state index is 13.3. The van der Waals surface area contributed by atoms with Crippen molar-refractivity contribution in [2.24, 2.45) is 0 Å². The predicted octanol–water partition coefficient (Wildman–Crippen LogP) is 3.94. The Morgan fingerprint density at radius 1 is 1.20 bits per heavy atom. The number of nitrogens with zero attached hydrogens (tertiary/aromatic N) is 1. The molecule has 2 aromatic carbocycles. The van der Waals surface area contributed by atoms with Gasteiger partial charge in [0, 0.05) is 0 Å². The largest absolute Gasteiger partial charge is 0.495 e. The molecule has 0 spiro atoms. The number of rotatable bonds is 5. The Morgan fingerprint density at radius 3 is 2.76 bits per heavy atom. The summed E-state index contributed by atoms with van der Waals surface area (Å²) in [5.74, 6) is -0.197. The Labute approximate surface area is 148 Å². The van der Waals surface area contributed by atoms with Crippen LogP contribution in [0.1, 0.15) is 5.56 Å². The molecule has 1 fully saturated rings. The first kappa shape index (κ1) is 17.0. The number of halogens is 1. The molecule has 0 aromatic heterocycles. The number of benzene rings is 2. The lowest BCUT2D eigenvalue weighted by Crippen LogP contribution is -2.33. The Hall–Kier alpha value is -2.80. The zero-order valence-corrected chi connectivity index (χ0v) is 14.2. The molecule has 1 saturated heterocycles. The van der Waals surface area contributed by atoms with Gasteiger partial charge in [0.2, 0.25) is 0 Å². The minimum Gasteiger partial charge on any atom is -0.495 e. The van der Waals surface area contributed by atoms with Crippen LogP contribution >= 0.6 is 11.8 Å². The van der Waals surface area contributed by atoms with Crippen LogP contribution in [0.5, 0.6) is 5.75 Å². The second kappa shape index (κ2) is 7.40. The van der Waals surface area contributed by atoms with Crippen LogP contribution in [0.4, 0.5) is 14.9 Å². The summed E-state index contributed by atoms with van der Waals surface area (Å²) >= 11 is 0.832. The second-order valence-corrected chi connectivity index (χ2v) is 6.19. The van der Waals surface area contributed by atoms with Crippen molar-refractivity contribution in [1.82, 2.24) is 4.90 Å². The van der Waals surface area contributed by atoms with Gasteiger partial charge in [-0.05, 0) is 47.7 Å². The second-order valence-electron chi connectivity index (χ2n) is 5.20. The van der Waals surface area contributed by atoms with E-state index in [-0.39, 0.29) is 16.8 Å². The molecule has 7 heteroatoms. The molecule has 0 bridgehead atoms. The zero-order valence-electron chi connectivity index (χ0n) is 13.4. The molecule has 1 aliphatic rings. The summed E-state index contributed by atoms with van der Waals surface area (Å²) in [6.07, 6.45) is 1.51. The number of imide groups is 1. The Morgan fingerprint density at radius 2 is 2.00 bits per heavy atom. The van der Waals surface area contributed by atoms with Gasteiger partial charge in [-0.2, -0.15) is 0 Å². The molecule has 0 aliphatic carbocycles. The third-order valence-electron chi connectivity index (χ3n) is 3.55. The van der Waals surface area contributed by atoms with Crippen molar-refractivity contribution in [3.05, 3.63) is 64.8 Å². The first-order chi connectivity index (χ1) is 12.1. The van der Waals surface area contributed by atoms with Crippen molar-refractivity contribution in [2.75, 3.05) is 19.1 Å². The fourth-order valence-electron chi connectivity index (χ4n) is 2.34. The van der Waals surface area contributed by atoms with E-state index in [0.29, 0.717) is 17.0 Å². The third-order valence-corrected chi connectivity index (χ3v) is 4.46. The highest BCUT2D eigenvalue weighted by Gasteiger charge is 2.34. The number of thioether (sulfide) groups is 1. The molecule has 128 valence electrons. The van der Waals surface area contributed by atoms with E-state index in [1.807, 2.05) is 12.1 Å². The van der Waals surface area contributed by atoms with Crippen molar-refractivity contribution in [3.8, 4) is 5.75 Å². The minimum absolute atomic E-state index is 0.0194. The number of para-hydroxylation sites is 2. The average molecular weight is 358 g/mol.